The van der Waals surface area contributed by atoms with E-state index in [9.17, 15) is 0 Å². The monoisotopic (exact) mass is 423 g/mol. The molecule has 0 aliphatic heterocycles. The maximum atomic E-state index is 6.57. The van der Waals surface area contributed by atoms with Crippen molar-refractivity contribution in [3.8, 4) is 0 Å². The van der Waals surface area contributed by atoms with Crippen LogP contribution in [-0.2, 0) is 15.3 Å². The van der Waals surface area contributed by atoms with Crippen LogP contribution in [0.25, 0.3) is 0 Å². The molecule has 0 amide bonds. The molecule has 0 aromatic carbocycles. The fourth-order valence-electron chi connectivity index (χ4n) is 2.44. The Labute approximate surface area is 176 Å². The van der Waals surface area contributed by atoms with Gasteiger partial charge in [0, 0.05) is 31.5 Å². The number of hydrogen-bond donors (Lipinski definition) is 0. The molecule has 3 nitrogen and oxygen atoms in total. The SMILES string of the molecule is CC(C)(C)[Si](C)(C)OCC(CCCc1ccncc1)CO[Si](C)(C)C(C)(C)C. The average molecular weight is 424 g/mol. The smallest absolute Gasteiger partial charge is 0.191 e. The normalized spacial score (nSPS) is 14.0. The Bertz CT molecular complexity index is 545. The quantitative estimate of drug-likeness (QED) is 0.377. The Kier molecular flexibility index (Phi) is 9.13. The molecule has 1 aromatic rings. The lowest BCUT2D eigenvalue weighted by molar-refractivity contribution is 0.149. The summed E-state index contributed by atoms with van der Waals surface area (Å²) in [6.07, 6.45) is 7.17. The number of pyridine rings is 1. The molecule has 1 heterocycles. The first kappa shape index (κ1) is 25.5. The number of aromatic nitrogens is 1. The van der Waals surface area contributed by atoms with E-state index < -0.39 is 16.6 Å². The van der Waals surface area contributed by atoms with Gasteiger partial charge in [-0.05, 0) is 73.2 Å². The van der Waals surface area contributed by atoms with Crippen LogP contribution in [0.2, 0.25) is 36.3 Å². The summed E-state index contributed by atoms with van der Waals surface area (Å²) < 4.78 is 13.1. The summed E-state index contributed by atoms with van der Waals surface area (Å²) in [5.41, 5.74) is 1.37. The van der Waals surface area contributed by atoms with Gasteiger partial charge in [0.25, 0.3) is 0 Å². The summed E-state index contributed by atoms with van der Waals surface area (Å²) >= 11 is 0. The fraction of sp³-hybridized carbons (Fsp3) is 0.783. The van der Waals surface area contributed by atoms with Gasteiger partial charge in [-0.25, -0.2) is 0 Å². The molecular weight excluding hydrogens is 378 g/mol. The Morgan fingerprint density at radius 2 is 1.25 bits per heavy atom. The molecule has 5 heteroatoms. The highest BCUT2D eigenvalue weighted by Gasteiger charge is 2.39. The number of nitrogens with zero attached hydrogens (tertiary/aromatic N) is 1. The molecule has 0 saturated heterocycles. The second-order valence-corrected chi connectivity index (χ2v) is 20.9. The maximum Gasteiger partial charge on any atom is 0.191 e. The number of aryl methyl sites for hydroxylation is 1. The van der Waals surface area contributed by atoms with Crippen LogP contribution in [0, 0.1) is 5.92 Å². The van der Waals surface area contributed by atoms with Crippen molar-refractivity contribution >= 4 is 16.6 Å². The van der Waals surface area contributed by atoms with Gasteiger partial charge in [0.2, 0.25) is 0 Å². The summed E-state index contributed by atoms with van der Waals surface area (Å²) in [4.78, 5) is 4.12. The van der Waals surface area contributed by atoms with E-state index in [2.05, 4.69) is 84.8 Å². The van der Waals surface area contributed by atoms with Gasteiger partial charge >= 0.3 is 0 Å². The molecule has 0 unspecified atom stereocenters. The van der Waals surface area contributed by atoms with Crippen LogP contribution in [-0.4, -0.2) is 34.8 Å². The van der Waals surface area contributed by atoms with Crippen molar-refractivity contribution in [1.29, 1.82) is 0 Å². The van der Waals surface area contributed by atoms with Gasteiger partial charge < -0.3 is 8.85 Å². The largest absolute Gasteiger partial charge is 0.416 e. The summed E-state index contributed by atoms with van der Waals surface area (Å²) in [6, 6.07) is 4.24. The van der Waals surface area contributed by atoms with Crippen molar-refractivity contribution in [3.05, 3.63) is 30.1 Å². The van der Waals surface area contributed by atoms with E-state index in [1.165, 1.54) is 5.56 Å². The lowest BCUT2D eigenvalue weighted by Crippen LogP contribution is -2.44. The van der Waals surface area contributed by atoms with E-state index in [0.717, 1.165) is 32.5 Å². The minimum absolute atomic E-state index is 0.245. The first-order chi connectivity index (χ1) is 12.7. The molecule has 0 atom stereocenters. The fourth-order valence-corrected chi connectivity index (χ4v) is 4.62. The third kappa shape index (κ3) is 8.09. The van der Waals surface area contributed by atoms with Crippen molar-refractivity contribution < 1.29 is 8.85 Å². The summed E-state index contributed by atoms with van der Waals surface area (Å²) in [7, 11) is -3.47. The molecule has 0 N–H and O–H groups in total. The van der Waals surface area contributed by atoms with Crippen molar-refractivity contribution in [1.82, 2.24) is 4.98 Å². The van der Waals surface area contributed by atoms with Gasteiger partial charge in [0.05, 0.1) is 0 Å². The molecule has 0 saturated carbocycles. The predicted molar refractivity (Wildman–Crippen MR) is 127 cm³/mol. The van der Waals surface area contributed by atoms with E-state index in [4.69, 9.17) is 8.85 Å². The zero-order valence-electron chi connectivity index (χ0n) is 20.2. The second-order valence-electron chi connectivity index (χ2n) is 11.3. The summed E-state index contributed by atoms with van der Waals surface area (Å²) in [5.74, 6) is 0.463. The minimum atomic E-state index is -1.73. The van der Waals surface area contributed by atoms with Gasteiger partial charge in [0.15, 0.2) is 16.6 Å². The molecule has 0 spiro atoms. The van der Waals surface area contributed by atoms with Gasteiger partial charge in [-0.3, -0.25) is 4.98 Å². The Morgan fingerprint density at radius 1 is 0.821 bits per heavy atom. The van der Waals surface area contributed by atoms with Crippen LogP contribution in [0.3, 0.4) is 0 Å². The van der Waals surface area contributed by atoms with Gasteiger partial charge in [0.1, 0.15) is 0 Å². The van der Waals surface area contributed by atoms with E-state index in [0.29, 0.717) is 5.92 Å². The van der Waals surface area contributed by atoms with Crippen LogP contribution in [0.4, 0.5) is 0 Å². The van der Waals surface area contributed by atoms with Crippen LogP contribution in [0.5, 0.6) is 0 Å². The molecule has 28 heavy (non-hydrogen) atoms. The average Bonchev–Trinajstić information content (AvgIpc) is 2.55. The highest BCUT2D eigenvalue weighted by Crippen LogP contribution is 2.38. The molecular formula is C23H45NO2Si2. The minimum Gasteiger partial charge on any atom is -0.416 e. The molecule has 0 fully saturated rings. The second kappa shape index (κ2) is 10.0. The van der Waals surface area contributed by atoms with Crippen molar-refractivity contribution in [2.45, 2.75) is 97.1 Å². The van der Waals surface area contributed by atoms with Crippen LogP contribution >= 0.6 is 0 Å². The maximum absolute atomic E-state index is 6.57. The zero-order chi connectivity index (χ0) is 21.6. The van der Waals surface area contributed by atoms with E-state index >= 15 is 0 Å². The molecule has 0 aliphatic rings. The first-order valence-corrected chi connectivity index (χ1v) is 16.6. The van der Waals surface area contributed by atoms with Crippen molar-refractivity contribution in [2.24, 2.45) is 5.92 Å². The number of rotatable bonds is 10. The van der Waals surface area contributed by atoms with Gasteiger partial charge in [-0.15, -0.1) is 0 Å². The molecule has 0 aliphatic carbocycles. The molecule has 0 bridgehead atoms. The van der Waals surface area contributed by atoms with E-state index in [-0.39, 0.29) is 10.1 Å². The van der Waals surface area contributed by atoms with E-state index in [1.54, 1.807) is 0 Å². The van der Waals surface area contributed by atoms with Gasteiger partial charge in [-0.2, -0.15) is 0 Å². The third-order valence-corrected chi connectivity index (χ3v) is 15.8. The van der Waals surface area contributed by atoms with Crippen molar-refractivity contribution in [2.75, 3.05) is 13.2 Å². The lowest BCUT2D eigenvalue weighted by atomic mass is 10.0. The Morgan fingerprint density at radius 3 is 1.64 bits per heavy atom. The van der Waals surface area contributed by atoms with Crippen molar-refractivity contribution in [3.63, 3.8) is 0 Å². The van der Waals surface area contributed by atoms with Crippen LogP contribution in [0.1, 0.15) is 59.9 Å². The molecule has 162 valence electrons. The topological polar surface area (TPSA) is 31.4 Å². The Balaban J connectivity index is 2.70. The molecule has 0 radical (unpaired) electrons. The highest BCUT2D eigenvalue weighted by atomic mass is 28.4. The van der Waals surface area contributed by atoms with Crippen LogP contribution in [0.15, 0.2) is 24.5 Å². The first-order valence-electron chi connectivity index (χ1n) is 10.8. The predicted octanol–water partition coefficient (Wildman–Crippen LogP) is 7.06. The Hall–Kier alpha value is -0.496. The lowest BCUT2D eigenvalue weighted by Gasteiger charge is -2.39. The molecule has 1 aromatic heterocycles. The standard InChI is InChI=1S/C23H45NO2Si2/c1-22(2,3)27(7,8)25-18-21(19-26-28(9,10)23(4,5)6)13-11-12-20-14-16-24-17-15-20/h14-17,21H,11-13,18-19H2,1-10H3. The number of hydrogen-bond acceptors (Lipinski definition) is 3. The summed E-state index contributed by atoms with van der Waals surface area (Å²) in [5, 5.41) is 0.490. The highest BCUT2D eigenvalue weighted by molar-refractivity contribution is 6.74. The molecule has 1 rings (SSSR count). The van der Waals surface area contributed by atoms with E-state index in [1.807, 2.05) is 12.4 Å². The zero-order valence-corrected chi connectivity index (χ0v) is 22.2. The van der Waals surface area contributed by atoms with Crippen LogP contribution < -0.4 is 0 Å². The van der Waals surface area contributed by atoms with Gasteiger partial charge in [-0.1, -0.05) is 41.5 Å². The third-order valence-electron chi connectivity index (χ3n) is 6.80. The summed E-state index contributed by atoms with van der Waals surface area (Å²) in [6.45, 7) is 24.9.